The third kappa shape index (κ3) is 4.98. The van der Waals surface area contributed by atoms with Crippen LogP contribution in [0.2, 0.25) is 0 Å². The SMILES string of the molecule is COCc1cn(CCCOS(=O)O)nn1. The van der Waals surface area contributed by atoms with E-state index in [1.54, 1.807) is 18.0 Å². The molecule has 1 unspecified atom stereocenters. The van der Waals surface area contributed by atoms with Gasteiger partial charge in [0.25, 0.3) is 0 Å². The van der Waals surface area contributed by atoms with Crippen LogP contribution in [-0.2, 0) is 33.4 Å². The molecule has 1 aromatic heterocycles. The van der Waals surface area contributed by atoms with Crippen LogP contribution in [0.5, 0.6) is 0 Å². The molecule has 1 rings (SSSR count). The van der Waals surface area contributed by atoms with Gasteiger partial charge in [0.15, 0.2) is 0 Å². The Morgan fingerprint density at radius 3 is 3.13 bits per heavy atom. The Bertz CT molecular complexity index is 317. The lowest BCUT2D eigenvalue weighted by atomic mass is 10.4. The molecule has 0 fully saturated rings. The van der Waals surface area contributed by atoms with E-state index in [4.69, 9.17) is 9.29 Å². The first-order valence-electron chi connectivity index (χ1n) is 4.34. The molecule has 0 saturated heterocycles. The van der Waals surface area contributed by atoms with E-state index in [0.717, 1.165) is 5.69 Å². The Morgan fingerprint density at radius 2 is 2.47 bits per heavy atom. The Labute approximate surface area is 89.9 Å². The normalized spacial score (nSPS) is 12.9. The van der Waals surface area contributed by atoms with Gasteiger partial charge in [-0.1, -0.05) is 5.21 Å². The summed E-state index contributed by atoms with van der Waals surface area (Å²) in [6.07, 6.45) is 2.36. The molecule has 0 radical (unpaired) electrons. The summed E-state index contributed by atoms with van der Waals surface area (Å²) in [4.78, 5) is 0. The zero-order chi connectivity index (χ0) is 11.1. The summed E-state index contributed by atoms with van der Waals surface area (Å²) in [5.41, 5.74) is 0.754. The molecule has 1 heterocycles. The summed E-state index contributed by atoms with van der Waals surface area (Å²) in [6, 6.07) is 0. The maximum absolute atomic E-state index is 10.1. The predicted octanol–water partition coefficient (Wildman–Crippen LogP) is -0.0321. The summed E-state index contributed by atoms with van der Waals surface area (Å²) in [5.74, 6) is 0. The smallest absolute Gasteiger partial charge is 0.301 e. The van der Waals surface area contributed by atoms with Crippen molar-refractivity contribution in [1.29, 1.82) is 0 Å². The van der Waals surface area contributed by atoms with Gasteiger partial charge >= 0.3 is 11.4 Å². The van der Waals surface area contributed by atoms with Gasteiger partial charge in [-0.15, -0.1) is 5.10 Å². The van der Waals surface area contributed by atoms with E-state index in [1.165, 1.54) is 0 Å². The summed E-state index contributed by atoms with van der Waals surface area (Å²) < 4.78 is 29.4. The molecule has 0 amide bonds. The molecule has 0 spiro atoms. The zero-order valence-electron chi connectivity index (χ0n) is 8.33. The number of hydrogen-bond donors (Lipinski definition) is 1. The fourth-order valence-electron chi connectivity index (χ4n) is 1.02. The zero-order valence-corrected chi connectivity index (χ0v) is 9.14. The lowest BCUT2D eigenvalue weighted by Crippen LogP contribution is -2.04. The molecule has 0 aromatic carbocycles. The maximum atomic E-state index is 10.1. The van der Waals surface area contributed by atoms with Crippen molar-refractivity contribution in [3.05, 3.63) is 11.9 Å². The van der Waals surface area contributed by atoms with Gasteiger partial charge in [-0.25, -0.2) is 0 Å². The van der Waals surface area contributed by atoms with E-state index in [-0.39, 0.29) is 6.61 Å². The van der Waals surface area contributed by atoms with Crippen molar-refractivity contribution in [3.8, 4) is 0 Å². The lowest BCUT2D eigenvalue weighted by molar-refractivity contribution is 0.181. The number of ether oxygens (including phenoxy) is 1. The minimum Gasteiger partial charge on any atom is -0.378 e. The molecule has 0 aliphatic heterocycles. The highest BCUT2D eigenvalue weighted by Crippen LogP contribution is 1.96. The molecule has 1 atom stereocenters. The van der Waals surface area contributed by atoms with Gasteiger partial charge in [0.05, 0.1) is 19.4 Å². The molecule has 0 aliphatic rings. The monoisotopic (exact) mass is 235 g/mol. The molecule has 1 N–H and O–H groups in total. The average Bonchev–Trinajstić information content (AvgIpc) is 2.61. The minimum atomic E-state index is -2.19. The number of aryl methyl sites for hydroxylation is 1. The minimum absolute atomic E-state index is 0.211. The first-order chi connectivity index (χ1) is 7.22. The van der Waals surface area contributed by atoms with Crippen molar-refractivity contribution in [1.82, 2.24) is 15.0 Å². The van der Waals surface area contributed by atoms with Crippen molar-refractivity contribution in [2.24, 2.45) is 0 Å². The Kier molecular flexibility index (Phi) is 5.40. The standard InChI is InChI=1S/C7H13N3O4S/c1-13-6-7-5-10(9-8-7)3-2-4-14-15(11)12/h5H,2-4,6H2,1H3,(H,11,12). The number of methoxy groups -OCH3 is 1. The van der Waals surface area contributed by atoms with E-state index in [2.05, 4.69) is 14.5 Å². The van der Waals surface area contributed by atoms with E-state index >= 15 is 0 Å². The number of nitrogens with zero attached hydrogens (tertiary/aromatic N) is 3. The van der Waals surface area contributed by atoms with Gasteiger partial charge in [0.2, 0.25) is 0 Å². The average molecular weight is 235 g/mol. The Hall–Kier alpha value is -0.830. The number of aromatic nitrogens is 3. The summed E-state index contributed by atoms with van der Waals surface area (Å²) in [5, 5.41) is 7.70. The summed E-state index contributed by atoms with van der Waals surface area (Å²) >= 11 is -2.19. The molecule has 1 aromatic rings. The third-order valence-electron chi connectivity index (χ3n) is 1.59. The first kappa shape index (κ1) is 12.2. The number of hydrogen-bond acceptors (Lipinski definition) is 5. The molecule has 15 heavy (non-hydrogen) atoms. The van der Waals surface area contributed by atoms with Crippen LogP contribution in [0, 0.1) is 0 Å². The quantitative estimate of drug-likeness (QED) is 0.527. The van der Waals surface area contributed by atoms with Crippen LogP contribution in [0.25, 0.3) is 0 Å². The molecule has 0 bridgehead atoms. The Morgan fingerprint density at radius 1 is 1.67 bits per heavy atom. The van der Waals surface area contributed by atoms with Crippen LogP contribution in [0.4, 0.5) is 0 Å². The summed E-state index contributed by atoms with van der Waals surface area (Å²) in [7, 11) is 1.59. The van der Waals surface area contributed by atoms with Gasteiger partial charge in [0, 0.05) is 13.7 Å². The van der Waals surface area contributed by atoms with Gasteiger partial charge in [-0.2, -0.15) is 4.21 Å². The maximum Gasteiger partial charge on any atom is 0.301 e. The van der Waals surface area contributed by atoms with E-state index in [1.807, 2.05) is 0 Å². The summed E-state index contributed by atoms with van der Waals surface area (Å²) in [6.45, 7) is 1.23. The fraction of sp³-hybridized carbons (Fsp3) is 0.714. The van der Waals surface area contributed by atoms with Crippen molar-refractivity contribution in [3.63, 3.8) is 0 Å². The predicted molar refractivity (Wildman–Crippen MR) is 52.1 cm³/mol. The van der Waals surface area contributed by atoms with Crippen LogP contribution in [0.15, 0.2) is 6.20 Å². The van der Waals surface area contributed by atoms with E-state index < -0.39 is 11.4 Å². The largest absolute Gasteiger partial charge is 0.378 e. The van der Waals surface area contributed by atoms with Crippen LogP contribution >= 0.6 is 0 Å². The van der Waals surface area contributed by atoms with Gasteiger partial charge in [-0.05, 0) is 6.42 Å². The number of rotatable bonds is 7. The second-order valence-electron chi connectivity index (χ2n) is 2.80. The van der Waals surface area contributed by atoms with Crippen LogP contribution in [0.1, 0.15) is 12.1 Å². The third-order valence-corrected chi connectivity index (χ3v) is 1.96. The van der Waals surface area contributed by atoms with E-state index in [0.29, 0.717) is 19.6 Å². The highest BCUT2D eigenvalue weighted by molar-refractivity contribution is 7.74. The Balaban J connectivity index is 2.22. The van der Waals surface area contributed by atoms with Crippen molar-refractivity contribution in [2.45, 2.75) is 19.6 Å². The topological polar surface area (TPSA) is 86.5 Å². The van der Waals surface area contributed by atoms with Crippen molar-refractivity contribution >= 4 is 11.4 Å². The van der Waals surface area contributed by atoms with Crippen molar-refractivity contribution < 1.29 is 17.7 Å². The molecule has 7 nitrogen and oxygen atoms in total. The molecule has 86 valence electrons. The first-order valence-corrected chi connectivity index (χ1v) is 5.37. The lowest BCUT2D eigenvalue weighted by Gasteiger charge is -1.98. The molecule has 0 aliphatic carbocycles. The highest BCUT2D eigenvalue weighted by Gasteiger charge is 2.00. The van der Waals surface area contributed by atoms with Crippen LogP contribution in [0.3, 0.4) is 0 Å². The van der Waals surface area contributed by atoms with Gasteiger partial charge < -0.3 is 4.74 Å². The fourth-order valence-corrected chi connectivity index (χ4v) is 1.28. The molecular weight excluding hydrogens is 222 g/mol. The van der Waals surface area contributed by atoms with E-state index in [9.17, 15) is 4.21 Å². The molecular formula is C7H13N3O4S. The van der Waals surface area contributed by atoms with Crippen LogP contribution in [-0.4, -0.2) is 37.5 Å². The molecule has 0 saturated carbocycles. The highest BCUT2D eigenvalue weighted by atomic mass is 32.2. The van der Waals surface area contributed by atoms with Gasteiger partial charge in [-0.3, -0.25) is 13.4 Å². The molecule has 8 heteroatoms. The van der Waals surface area contributed by atoms with Gasteiger partial charge in [0.1, 0.15) is 5.69 Å². The second kappa shape index (κ2) is 6.62. The van der Waals surface area contributed by atoms with Crippen molar-refractivity contribution in [2.75, 3.05) is 13.7 Å². The second-order valence-corrected chi connectivity index (χ2v) is 3.47. The van der Waals surface area contributed by atoms with Crippen LogP contribution < -0.4 is 0 Å².